The number of rotatable bonds is 8. The predicted octanol–water partition coefficient (Wildman–Crippen LogP) is 4.60. The molecule has 1 amide bonds. The lowest BCUT2D eigenvalue weighted by molar-refractivity contribution is -0.130. The van der Waals surface area contributed by atoms with Crippen LogP contribution in [0.15, 0.2) is 36.4 Å². The first-order valence-electron chi connectivity index (χ1n) is 12.4. The Kier molecular flexibility index (Phi) is 7.55. The predicted molar refractivity (Wildman–Crippen MR) is 132 cm³/mol. The highest BCUT2D eigenvalue weighted by Crippen LogP contribution is 2.40. The molecule has 2 heterocycles. The van der Waals surface area contributed by atoms with E-state index >= 15 is 0 Å². The van der Waals surface area contributed by atoms with E-state index in [-0.39, 0.29) is 5.91 Å². The minimum atomic E-state index is -0.970. The number of nitrogens with one attached hydrogen (secondary N) is 1. The molecule has 1 saturated heterocycles. The number of hydrogen-bond donors (Lipinski definition) is 2. The molecule has 0 saturated carbocycles. The van der Waals surface area contributed by atoms with Gasteiger partial charge in [-0.1, -0.05) is 50.6 Å². The highest BCUT2D eigenvalue weighted by atomic mass is 16.5. The van der Waals surface area contributed by atoms with Gasteiger partial charge in [0.15, 0.2) is 0 Å². The lowest BCUT2D eigenvalue weighted by Crippen LogP contribution is -2.58. The van der Waals surface area contributed by atoms with Gasteiger partial charge in [-0.05, 0) is 59.9 Å². The molecule has 2 aromatic rings. The van der Waals surface area contributed by atoms with Crippen LogP contribution in [0, 0.1) is 11.3 Å². The summed E-state index contributed by atoms with van der Waals surface area (Å²) in [6.45, 7) is 5.95. The summed E-state index contributed by atoms with van der Waals surface area (Å²) in [7, 11) is 0. The SMILES string of the molecule is CCCC(CC)c1ccc2c(c1)-c1ccc(CC(C#N)NC(=O)C3(N)CCOCC3)cc1OC2. The first-order valence-corrected chi connectivity index (χ1v) is 12.4. The van der Waals surface area contributed by atoms with E-state index in [1.54, 1.807) is 0 Å². The van der Waals surface area contributed by atoms with Gasteiger partial charge in [-0.25, -0.2) is 0 Å². The average Bonchev–Trinajstić information content (AvgIpc) is 2.86. The van der Waals surface area contributed by atoms with Gasteiger partial charge < -0.3 is 20.5 Å². The van der Waals surface area contributed by atoms with Crippen molar-refractivity contribution in [3.05, 3.63) is 53.1 Å². The number of carbonyl (C=O) groups is 1. The minimum Gasteiger partial charge on any atom is -0.488 e. The van der Waals surface area contributed by atoms with Crippen LogP contribution in [0.3, 0.4) is 0 Å². The van der Waals surface area contributed by atoms with E-state index in [9.17, 15) is 10.1 Å². The third kappa shape index (κ3) is 5.11. The number of nitriles is 1. The fourth-order valence-corrected chi connectivity index (χ4v) is 5.00. The molecule has 2 aliphatic heterocycles. The van der Waals surface area contributed by atoms with Crippen LogP contribution in [0.5, 0.6) is 5.75 Å². The molecule has 3 N–H and O–H groups in total. The Morgan fingerprint density at radius 1 is 1.18 bits per heavy atom. The van der Waals surface area contributed by atoms with Crippen LogP contribution >= 0.6 is 0 Å². The average molecular weight is 462 g/mol. The Labute approximate surface area is 202 Å². The summed E-state index contributed by atoms with van der Waals surface area (Å²) in [6.07, 6.45) is 4.81. The molecule has 2 aliphatic rings. The summed E-state index contributed by atoms with van der Waals surface area (Å²) in [4.78, 5) is 12.7. The van der Waals surface area contributed by atoms with Gasteiger partial charge in [0.25, 0.3) is 0 Å². The zero-order chi connectivity index (χ0) is 24.1. The van der Waals surface area contributed by atoms with Crippen molar-refractivity contribution in [1.82, 2.24) is 5.32 Å². The molecule has 4 rings (SSSR count). The monoisotopic (exact) mass is 461 g/mol. The Morgan fingerprint density at radius 2 is 1.97 bits per heavy atom. The van der Waals surface area contributed by atoms with E-state index in [2.05, 4.69) is 49.5 Å². The molecule has 1 fully saturated rings. The Bertz CT molecular complexity index is 1070. The van der Waals surface area contributed by atoms with Gasteiger partial charge in [0.1, 0.15) is 18.4 Å². The first kappa shape index (κ1) is 24.3. The van der Waals surface area contributed by atoms with Crippen molar-refractivity contribution in [2.75, 3.05) is 13.2 Å². The summed E-state index contributed by atoms with van der Waals surface area (Å²) in [5.74, 6) is 1.12. The normalized spacial score (nSPS) is 17.9. The van der Waals surface area contributed by atoms with Gasteiger partial charge >= 0.3 is 0 Å². The van der Waals surface area contributed by atoms with E-state index in [1.165, 1.54) is 29.5 Å². The summed E-state index contributed by atoms with van der Waals surface area (Å²) < 4.78 is 11.4. The van der Waals surface area contributed by atoms with Gasteiger partial charge in [-0.2, -0.15) is 5.26 Å². The van der Waals surface area contributed by atoms with Crippen molar-refractivity contribution in [3.8, 4) is 22.9 Å². The van der Waals surface area contributed by atoms with Crippen LogP contribution in [-0.4, -0.2) is 30.7 Å². The third-order valence-corrected chi connectivity index (χ3v) is 7.19. The van der Waals surface area contributed by atoms with Crippen LogP contribution in [0.2, 0.25) is 0 Å². The molecule has 34 heavy (non-hydrogen) atoms. The summed E-state index contributed by atoms with van der Waals surface area (Å²) in [5, 5.41) is 12.5. The molecule has 0 aromatic heterocycles. The fourth-order valence-electron chi connectivity index (χ4n) is 5.00. The van der Waals surface area contributed by atoms with E-state index in [0.29, 0.717) is 45.0 Å². The second kappa shape index (κ2) is 10.6. The van der Waals surface area contributed by atoms with Gasteiger partial charge in [0, 0.05) is 25.2 Å². The molecule has 2 unspecified atom stereocenters. The fraction of sp³-hybridized carbons (Fsp3) is 0.500. The maximum atomic E-state index is 12.7. The quantitative estimate of drug-likeness (QED) is 0.599. The molecular formula is C28H35N3O3. The molecule has 0 radical (unpaired) electrons. The zero-order valence-electron chi connectivity index (χ0n) is 20.2. The standard InChI is InChI=1S/C28H35N3O3/c1-3-5-20(4-2)21-7-8-22-18-34-26-15-19(6-9-24(26)25(22)16-21)14-23(17-29)31-27(32)28(30)10-12-33-13-11-28/h6-9,15-16,20,23H,3-5,10-14,18,30H2,1-2H3,(H,31,32). The largest absolute Gasteiger partial charge is 0.488 e. The summed E-state index contributed by atoms with van der Waals surface area (Å²) in [5.41, 5.74) is 11.1. The van der Waals surface area contributed by atoms with Gasteiger partial charge in [-0.15, -0.1) is 0 Å². The van der Waals surface area contributed by atoms with Crippen LogP contribution in [0.4, 0.5) is 0 Å². The maximum Gasteiger partial charge on any atom is 0.241 e. The highest BCUT2D eigenvalue weighted by Gasteiger charge is 2.37. The van der Waals surface area contributed by atoms with Gasteiger partial charge in [0.2, 0.25) is 5.91 Å². The van der Waals surface area contributed by atoms with Crippen molar-refractivity contribution in [3.63, 3.8) is 0 Å². The topological polar surface area (TPSA) is 97.4 Å². The number of ether oxygens (including phenoxy) is 2. The number of nitrogens with two attached hydrogens (primary N) is 1. The number of nitrogens with zero attached hydrogens (tertiary/aromatic N) is 1. The maximum absolute atomic E-state index is 12.7. The van der Waals surface area contributed by atoms with Crippen LogP contribution in [0.25, 0.3) is 11.1 Å². The second-order valence-electron chi connectivity index (χ2n) is 9.56. The van der Waals surface area contributed by atoms with Crippen LogP contribution < -0.4 is 15.8 Å². The van der Waals surface area contributed by atoms with Crippen molar-refractivity contribution < 1.29 is 14.3 Å². The molecule has 180 valence electrons. The van der Waals surface area contributed by atoms with Crippen molar-refractivity contribution >= 4 is 5.91 Å². The highest BCUT2D eigenvalue weighted by molar-refractivity contribution is 5.86. The van der Waals surface area contributed by atoms with E-state index < -0.39 is 11.6 Å². The van der Waals surface area contributed by atoms with Crippen LogP contribution in [-0.2, 0) is 22.6 Å². The number of benzene rings is 2. The molecule has 6 nitrogen and oxygen atoms in total. The molecule has 0 bridgehead atoms. The molecule has 0 aliphatic carbocycles. The van der Waals surface area contributed by atoms with Gasteiger partial charge in [0.05, 0.1) is 11.6 Å². The summed E-state index contributed by atoms with van der Waals surface area (Å²) >= 11 is 0. The smallest absolute Gasteiger partial charge is 0.241 e. The Balaban J connectivity index is 1.51. The minimum absolute atomic E-state index is 0.282. The van der Waals surface area contributed by atoms with E-state index in [4.69, 9.17) is 15.2 Å². The zero-order valence-corrected chi connectivity index (χ0v) is 20.2. The molecule has 2 aromatic carbocycles. The second-order valence-corrected chi connectivity index (χ2v) is 9.56. The van der Waals surface area contributed by atoms with Gasteiger partial charge in [-0.3, -0.25) is 4.79 Å². The number of carbonyl (C=O) groups excluding carboxylic acids is 1. The van der Waals surface area contributed by atoms with Crippen molar-refractivity contribution in [2.24, 2.45) is 5.73 Å². The van der Waals surface area contributed by atoms with Crippen LogP contribution in [0.1, 0.15) is 68.6 Å². The molecule has 6 heteroatoms. The Hall–Kier alpha value is -2.88. The first-order chi connectivity index (χ1) is 16.5. The molecular weight excluding hydrogens is 426 g/mol. The summed E-state index contributed by atoms with van der Waals surface area (Å²) in [6, 6.07) is 14.4. The molecule has 0 spiro atoms. The van der Waals surface area contributed by atoms with E-state index in [1.807, 2.05) is 12.1 Å². The number of amides is 1. The van der Waals surface area contributed by atoms with E-state index in [0.717, 1.165) is 23.3 Å². The van der Waals surface area contributed by atoms with Crippen molar-refractivity contribution in [1.29, 1.82) is 5.26 Å². The lowest BCUT2D eigenvalue weighted by atomic mass is 9.87. The number of fused-ring (bicyclic) bond motifs is 3. The van der Waals surface area contributed by atoms with Crippen molar-refractivity contribution in [2.45, 2.75) is 76.5 Å². The lowest BCUT2D eigenvalue weighted by Gasteiger charge is -2.32. The Morgan fingerprint density at radius 3 is 2.68 bits per heavy atom. The number of hydrogen-bond acceptors (Lipinski definition) is 5. The molecule has 2 atom stereocenters. The third-order valence-electron chi connectivity index (χ3n) is 7.19.